The Bertz CT molecular complexity index is 748. The zero-order valence-corrected chi connectivity index (χ0v) is 15.1. The normalized spacial score (nSPS) is 13.7. The summed E-state index contributed by atoms with van der Waals surface area (Å²) in [5, 5.41) is 5.34. The molecule has 2 unspecified atom stereocenters. The molecular formula is C19H21N2O3P. The van der Waals surface area contributed by atoms with Crippen LogP contribution in [0.25, 0.3) is 11.1 Å². The van der Waals surface area contributed by atoms with Crippen molar-refractivity contribution in [3.8, 4) is 11.1 Å². The standard InChI is InChI=1S/C19H21N2O3P/c1-20-19(25)18(23)21-10-17(22)24-11-16-14-8-4-2-6-12(14)13-7-3-5-9-15(13)16/h2-9,16,19-20H,10-11,25H2,1H3,(H,21,23). The molecule has 25 heavy (non-hydrogen) atoms. The molecule has 6 heteroatoms. The first kappa shape index (κ1) is 17.6. The van der Waals surface area contributed by atoms with E-state index in [1.54, 1.807) is 7.05 Å². The third-order valence-corrected chi connectivity index (χ3v) is 5.01. The fourth-order valence-corrected chi connectivity index (χ4v) is 3.18. The highest BCUT2D eigenvalue weighted by Crippen LogP contribution is 2.44. The highest BCUT2D eigenvalue weighted by Gasteiger charge is 2.29. The molecule has 130 valence electrons. The quantitative estimate of drug-likeness (QED) is 0.613. The lowest BCUT2D eigenvalue weighted by Gasteiger charge is -2.15. The fourth-order valence-electron chi connectivity index (χ4n) is 3.07. The zero-order valence-electron chi connectivity index (χ0n) is 14.0. The molecule has 1 amide bonds. The van der Waals surface area contributed by atoms with Gasteiger partial charge in [0.2, 0.25) is 5.91 Å². The minimum atomic E-state index is -0.441. The highest BCUT2D eigenvalue weighted by atomic mass is 31.0. The molecule has 0 spiro atoms. The van der Waals surface area contributed by atoms with Gasteiger partial charge in [0, 0.05) is 5.92 Å². The molecule has 5 nitrogen and oxygen atoms in total. The van der Waals surface area contributed by atoms with Crippen LogP contribution in [0.15, 0.2) is 48.5 Å². The lowest BCUT2D eigenvalue weighted by Crippen LogP contribution is -2.41. The van der Waals surface area contributed by atoms with Crippen molar-refractivity contribution >= 4 is 21.1 Å². The predicted molar refractivity (Wildman–Crippen MR) is 100 cm³/mol. The van der Waals surface area contributed by atoms with E-state index in [2.05, 4.69) is 44.1 Å². The topological polar surface area (TPSA) is 67.4 Å². The first-order valence-electron chi connectivity index (χ1n) is 8.16. The van der Waals surface area contributed by atoms with Crippen molar-refractivity contribution in [3.05, 3.63) is 59.7 Å². The Balaban J connectivity index is 1.64. The van der Waals surface area contributed by atoms with E-state index < -0.39 is 11.8 Å². The summed E-state index contributed by atoms with van der Waals surface area (Å²) in [5.74, 6) is -1.11. The van der Waals surface area contributed by atoms with Crippen molar-refractivity contribution in [2.24, 2.45) is 0 Å². The molecule has 2 aromatic rings. The number of rotatable bonds is 6. The number of carbonyl (C=O) groups excluding carboxylic acids is 2. The van der Waals surface area contributed by atoms with Gasteiger partial charge in [0.1, 0.15) is 18.9 Å². The van der Waals surface area contributed by atoms with E-state index in [-0.39, 0.29) is 25.0 Å². The molecule has 0 fully saturated rings. The number of ether oxygens (including phenoxy) is 1. The van der Waals surface area contributed by atoms with E-state index >= 15 is 0 Å². The largest absolute Gasteiger partial charge is 0.463 e. The molecule has 0 heterocycles. The van der Waals surface area contributed by atoms with E-state index in [9.17, 15) is 9.59 Å². The number of esters is 1. The zero-order chi connectivity index (χ0) is 17.8. The molecule has 1 aliphatic carbocycles. The Morgan fingerprint density at radius 2 is 1.64 bits per heavy atom. The lowest BCUT2D eigenvalue weighted by atomic mass is 9.98. The predicted octanol–water partition coefficient (Wildman–Crippen LogP) is 1.88. The monoisotopic (exact) mass is 356 g/mol. The van der Waals surface area contributed by atoms with Gasteiger partial charge in [-0.2, -0.15) is 0 Å². The van der Waals surface area contributed by atoms with Crippen molar-refractivity contribution < 1.29 is 14.3 Å². The number of benzene rings is 2. The minimum absolute atomic E-state index is 0.0267. The molecule has 2 N–H and O–H groups in total. The van der Waals surface area contributed by atoms with E-state index in [1.807, 2.05) is 24.3 Å². The summed E-state index contributed by atoms with van der Waals surface area (Å²) >= 11 is 0. The maximum absolute atomic E-state index is 12.0. The van der Waals surface area contributed by atoms with Gasteiger partial charge in [-0.3, -0.25) is 9.59 Å². The van der Waals surface area contributed by atoms with Gasteiger partial charge in [-0.25, -0.2) is 0 Å². The third kappa shape index (κ3) is 3.73. The number of hydrogen-bond acceptors (Lipinski definition) is 4. The summed E-state index contributed by atoms with van der Waals surface area (Å²) in [4.78, 5) is 23.6. The van der Waals surface area contributed by atoms with Crippen LogP contribution in [0.4, 0.5) is 0 Å². The summed E-state index contributed by atoms with van der Waals surface area (Å²) < 4.78 is 5.42. The summed E-state index contributed by atoms with van der Waals surface area (Å²) in [6.45, 7) is 0.125. The average molecular weight is 356 g/mol. The first-order chi connectivity index (χ1) is 12.1. The lowest BCUT2D eigenvalue weighted by molar-refractivity contribution is -0.144. The number of hydrogen-bond donors (Lipinski definition) is 2. The number of fused-ring (bicyclic) bond motifs is 3. The summed E-state index contributed by atoms with van der Waals surface area (Å²) in [6.07, 6.45) is 0. The van der Waals surface area contributed by atoms with Crippen LogP contribution >= 0.6 is 9.24 Å². The second-order valence-electron chi connectivity index (χ2n) is 5.89. The van der Waals surface area contributed by atoms with Crippen LogP contribution in [0, 0.1) is 0 Å². The molecule has 3 rings (SSSR count). The average Bonchev–Trinajstić information content (AvgIpc) is 2.97. The van der Waals surface area contributed by atoms with Crippen LogP contribution in [-0.4, -0.2) is 37.9 Å². The van der Waals surface area contributed by atoms with Gasteiger partial charge in [-0.1, -0.05) is 48.5 Å². The number of amides is 1. The van der Waals surface area contributed by atoms with Crippen molar-refractivity contribution in [2.45, 2.75) is 11.7 Å². The number of likely N-dealkylation sites (N-methyl/N-ethyl adjacent to an activating group) is 1. The van der Waals surface area contributed by atoms with Crippen LogP contribution in [0.2, 0.25) is 0 Å². The SMILES string of the molecule is CNC(P)C(=O)NCC(=O)OCC1c2ccccc2-c2ccccc21. The Hall–Kier alpha value is -2.23. The van der Waals surface area contributed by atoms with Crippen LogP contribution in [-0.2, 0) is 14.3 Å². The smallest absolute Gasteiger partial charge is 0.325 e. The Morgan fingerprint density at radius 3 is 2.20 bits per heavy atom. The molecule has 0 aliphatic heterocycles. The van der Waals surface area contributed by atoms with Gasteiger partial charge in [-0.05, 0) is 29.3 Å². The van der Waals surface area contributed by atoms with Crippen LogP contribution < -0.4 is 10.6 Å². The van der Waals surface area contributed by atoms with Crippen LogP contribution in [0.3, 0.4) is 0 Å². The van der Waals surface area contributed by atoms with Crippen molar-refractivity contribution in [2.75, 3.05) is 20.2 Å². The molecule has 2 aromatic carbocycles. The molecule has 0 bridgehead atoms. The third-order valence-electron chi connectivity index (χ3n) is 4.37. The van der Waals surface area contributed by atoms with Gasteiger partial charge in [0.25, 0.3) is 0 Å². The maximum atomic E-state index is 12.0. The van der Waals surface area contributed by atoms with Crippen molar-refractivity contribution in [1.82, 2.24) is 10.6 Å². The van der Waals surface area contributed by atoms with Gasteiger partial charge >= 0.3 is 5.97 Å². The second-order valence-corrected chi connectivity index (χ2v) is 6.56. The van der Waals surface area contributed by atoms with Gasteiger partial charge < -0.3 is 15.4 Å². The fraction of sp³-hybridized carbons (Fsp3) is 0.263. The van der Waals surface area contributed by atoms with Gasteiger partial charge in [0.15, 0.2) is 0 Å². The van der Waals surface area contributed by atoms with E-state index in [0.717, 1.165) is 0 Å². The number of carbonyl (C=O) groups is 2. The number of nitrogens with one attached hydrogen (secondary N) is 2. The van der Waals surface area contributed by atoms with Gasteiger partial charge in [0.05, 0.1) is 0 Å². The summed E-state index contributed by atoms with van der Waals surface area (Å²) in [7, 11) is 4.03. The molecule has 0 radical (unpaired) electrons. The molecular weight excluding hydrogens is 335 g/mol. The Kier molecular flexibility index (Phi) is 5.47. The molecule has 0 aromatic heterocycles. The summed E-state index contributed by atoms with van der Waals surface area (Å²) in [5.41, 5.74) is 4.71. The van der Waals surface area contributed by atoms with Crippen LogP contribution in [0.1, 0.15) is 17.0 Å². The first-order valence-corrected chi connectivity index (χ1v) is 8.83. The molecule has 2 atom stereocenters. The van der Waals surface area contributed by atoms with E-state index in [4.69, 9.17) is 4.74 Å². The second kappa shape index (κ2) is 7.77. The Labute approximate surface area is 149 Å². The molecule has 0 saturated heterocycles. The highest BCUT2D eigenvalue weighted by molar-refractivity contribution is 7.19. The molecule has 1 aliphatic rings. The Morgan fingerprint density at radius 1 is 1.08 bits per heavy atom. The van der Waals surface area contributed by atoms with Crippen molar-refractivity contribution in [1.29, 1.82) is 0 Å². The molecule has 0 saturated carbocycles. The van der Waals surface area contributed by atoms with Crippen LogP contribution in [0.5, 0.6) is 0 Å². The summed E-state index contributed by atoms with van der Waals surface area (Å²) in [6, 6.07) is 16.3. The minimum Gasteiger partial charge on any atom is -0.463 e. The van der Waals surface area contributed by atoms with E-state index in [1.165, 1.54) is 22.3 Å². The van der Waals surface area contributed by atoms with E-state index in [0.29, 0.717) is 0 Å². The van der Waals surface area contributed by atoms with Gasteiger partial charge in [-0.15, -0.1) is 9.24 Å². The van der Waals surface area contributed by atoms with Crippen molar-refractivity contribution in [3.63, 3.8) is 0 Å². The maximum Gasteiger partial charge on any atom is 0.325 e.